The maximum Gasteiger partial charge on any atom is 0.136 e. The van der Waals surface area contributed by atoms with Crippen molar-refractivity contribution < 1.29 is 30.6 Å². The quantitative estimate of drug-likeness (QED) is 0.0772. The van der Waals surface area contributed by atoms with E-state index in [1.165, 1.54) is 13.8 Å². The maximum atomic E-state index is 13.2. The Hall–Kier alpha value is -4.92. The Morgan fingerprint density at radius 3 is 0.691 bits per heavy atom. The van der Waals surface area contributed by atoms with Crippen LogP contribution in [0.1, 0.15) is 61.1 Å². The van der Waals surface area contributed by atoms with E-state index in [9.17, 15) is 30.6 Å². The van der Waals surface area contributed by atoms with Crippen molar-refractivity contribution in [3.63, 3.8) is 0 Å². The number of aliphatic hydroxyl groups is 6. The van der Waals surface area contributed by atoms with Gasteiger partial charge in [0.05, 0.1) is 10.8 Å². The van der Waals surface area contributed by atoms with Crippen molar-refractivity contribution in [3.05, 3.63) is 215 Å². The lowest BCUT2D eigenvalue weighted by molar-refractivity contribution is -0.232. The van der Waals surface area contributed by atoms with Gasteiger partial charge in [0.15, 0.2) is 0 Å². The fourth-order valence-corrected chi connectivity index (χ4v) is 10.2. The predicted octanol–water partition coefficient (Wildman–Crippen LogP) is 6.78. The van der Waals surface area contributed by atoms with Crippen LogP contribution in [0.15, 0.2) is 182 Å². The minimum absolute atomic E-state index is 0.633. The van der Waals surface area contributed by atoms with E-state index < -0.39 is 50.9 Å². The highest BCUT2D eigenvalue weighted by Gasteiger charge is 2.95. The Kier molecular flexibility index (Phi) is 9.54. The first-order valence-corrected chi connectivity index (χ1v) is 18.8. The Labute approximate surface area is 323 Å². The summed E-state index contributed by atoms with van der Waals surface area (Å²) in [4.78, 5) is 0. The summed E-state index contributed by atoms with van der Waals surface area (Å²) in [5.74, 6) is 0. The first-order chi connectivity index (χ1) is 26.2. The van der Waals surface area contributed by atoms with Gasteiger partial charge in [-0.15, -0.1) is 0 Å². The minimum Gasteiger partial charge on any atom is -0.388 e. The third-order valence-electron chi connectivity index (χ3n) is 13.0. The number of hydrogen-bond donors (Lipinski definition) is 6. The van der Waals surface area contributed by atoms with Crippen molar-refractivity contribution in [2.45, 2.75) is 73.1 Å². The van der Waals surface area contributed by atoms with Gasteiger partial charge in [0.2, 0.25) is 0 Å². The molecule has 0 saturated heterocycles. The van der Waals surface area contributed by atoms with Crippen molar-refractivity contribution in [3.8, 4) is 0 Å². The largest absolute Gasteiger partial charge is 0.388 e. The second kappa shape index (κ2) is 13.7. The highest BCUT2D eigenvalue weighted by molar-refractivity contribution is 5.58. The summed E-state index contributed by atoms with van der Waals surface area (Å²) in [6, 6.07) is 55.7. The summed E-state index contributed by atoms with van der Waals surface area (Å²) in [7, 11) is 0. The van der Waals surface area contributed by atoms with E-state index in [0.717, 1.165) is 0 Å². The molecule has 6 aromatic rings. The van der Waals surface area contributed by atoms with E-state index in [-0.39, 0.29) is 0 Å². The zero-order chi connectivity index (χ0) is 39.3. The summed E-state index contributed by atoms with van der Waals surface area (Å²) in [5.41, 5.74) is -11.2. The smallest absolute Gasteiger partial charge is 0.136 e. The van der Waals surface area contributed by atoms with Crippen molar-refractivity contribution in [1.29, 1.82) is 0 Å². The van der Waals surface area contributed by atoms with Gasteiger partial charge in [-0.25, -0.2) is 0 Å². The molecule has 0 aromatic heterocycles. The van der Waals surface area contributed by atoms with E-state index in [2.05, 4.69) is 0 Å². The Bertz CT molecular complexity index is 1840. The van der Waals surface area contributed by atoms with Crippen molar-refractivity contribution in [2.75, 3.05) is 0 Å². The molecule has 7 rings (SSSR count). The van der Waals surface area contributed by atoms with E-state index in [4.69, 9.17) is 0 Å². The molecular weight excluding hydrogens is 685 g/mol. The fourth-order valence-electron chi connectivity index (χ4n) is 10.2. The topological polar surface area (TPSA) is 121 Å². The monoisotopic (exact) mass is 734 g/mol. The van der Waals surface area contributed by atoms with Crippen LogP contribution in [0.5, 0.6) is 0 Å². The zero-order valence-electron chi connectivity index (χ0n) is 31.7. The lowest BCUT2D eigenvalue weighted by Gasteiger charge is -2.51. The second-order valence-electron chi connectivity index (χ2n) is 16.0. The van der Waals surface area contributed by atoms with Gasteiger partial charge in [-0.1, -0.05) is 196 Å². The Balaban J connectivity index is 1.45. The van der Waals surface area contributed by atoms with Crippen LogP contribution in [0, 0.1) is 5.41 Å². The first kappa shape index (κ1) is 38.4. The molecule has 0 amide bonds. The SMILES string of the molecule is CC1(C)[C@@](O)([C@](C)(O)C(O)C(c2ccccc2)(c2ccccc2)c2ccccc2)[C@]1(O)[C@](C)(O)C(O)C(c1ccccc1)(c1ccccc1)c1ccccc1. The molecule has 1 saturated carbocycles. The molecule has 0 aliphatic heterocycles. The molecule has 6 aromatic carbocycles. The average Bonchev–Trinajstić information content (AvgIpc) is 3.61. The molecule has 55 heavy (non-hydrogen) atoms. The highest BCUT2D eigenvalue weighted by Crippen LogP contribution is 2.75. The molecule has 2 unspecified atom stereocenters. The Morgan fingerprint density at radius 2 is 0.527 bits per heavy atom. The molecule has 0 radical (unpaired) electrons. The van der Waals surface area contributed by atoms with Gasteiger partial charge >= 0.3 is 0 Å². The van der Waals surface area contributed by atoms with Gasteiger partial charge in [-0.3, -0.25) is 0 Å². The fraction of sp³-hybridized carbons (Fsp3) is 0.265. The molecular formula is C49H50O6. The second-order valence-corrected chi connectivity index (χ2v) is 16.0. The lowest BCUT2D eigenvalue weighted by Crippen LogP contribution is -2.69. The first-order valence-electron chi connectivity index (χ1n) is 18.8. The van der Waals surface area contributed by atoms with Crippen molar-refractivity contribution in [1.82, 2.24) is 0 Å². The van der Waals surface area contributed by atoms with Gasteiger partial charge in [0, 0.05) is 5.41 Å². The summed E-state index contributed by atoms with van der Waals surface area (Å²) in [5, 5.41) is 78.9. The third kappa shape index (κ3) is 5.10. The molecule has 6 nitrogen and oxygen atoms in total. The zero-order valence-corrected chi connectivity index (χ0v) is 31.7. The normalized spacial score (nSPS) is 22.8. The summed E-state index contributed by atoms with van der Waals surface area (Å²) >= 11 is 0. The molecule has 1 aliphatic rings. The summed E-state index contributed by atoms with van der Waals surface area (Å²) in [6.07, 6.45) is -3.67. The molecule has 6 heteroatoms. The molecule has 0 bridgehead atoms. The van der Waals surface area contributed by atoms with Gasteiger partial charge in [0.25, 0.3) is 0 Å². The van der Waals surface area contributed by atoms with Crippen LogP contribution < -0.4 is 0 Å². The van der Waals surface area contributed by atoms with Crippen molar-refractivity contribution in [2.24, 2.45) is 5.41 Å². The standard InChI is InChI=1S/C49H50O6/c1-43(2)48(54,44(3,52)41(50)46(35-23-11-5-12-24-35,36-25-13-6-14-26-36)37-27-15-7-16-28-37)49(43,55)45(4,53)42(51)47(38-29-17-8-18-30-38,39-31-19-9-20-32-39)40-33-21-10-22-34-40/h5-34,41-42,50-55H,1-4H3/t41?,42?,44-,45-,48-,49-/m1/s1. The third-order valence-corrected chi connectivity index (χ3v) is 13.0. The van der Waals surface area contributed by atoms with Crippen molar-refractivity contribution >= 4 is 0 Å². The van der Waals surface area contributed by atoms with Crippen LogP contribution in [0.2, 0.25) is 0 Å². The summed E-state index contributed by atoms with van der Waals surface area (Å²) < 4.78 is 0. The minimum atomic E-state index is -2.61. The van der Waals surface area contributed by atoms with Crippen LogP contribution in [-0.4, -0.2) is 65.3 Å². The number of hydrogen-bond acceptors (Lipinski definition) is 6. The highest BCUT2D eigenvalue weighted by atomic mass is 16.5. The average molecular weight is 735 g/mol. The van der Waals surface area contributed by atoms with Gasteiger partial charge in [-0.2, -0.15) is 0 Å². The van der Waals surface area contributed by atoms with Crippen LogP contribution in [-0.2, 0) is 10.8 Å². The van der Waals surface area contributed by atoms with E-state index >= 15 is 0 Å². The predicted molar refractivity (Wildman–Crippen MR) is 215 cm³/mol. The molecule has 1 aliphatic carbocycles. The van der Waals surface area contributed by atoms with Gasteiger partial charge in [-0.05, 0) is 47.2 Å². The van der Waals surface area contributed by atoms with Crippen LogP contribution in [0.4, 0.5) is 0 Å². The number of aliphatic hydroxyl groups excluding tert-OH is 2. The molecule has 0 spiro atoms. The van der Waals surface area contributed by atoms with E-state index in [1.807, 2.05) is 182 Å². The van der Waals surface area contributed by atoms with Gasteiger partial charge in [0.1, 0.15) is 34.6 Å². The number of benzene rings is 6. The maximum absolute atomic E-state index is 13.2. The van der Waals surface area contributed by atoms with Crippen LogP contribution in [0.25, 0.3) is 0 Å². The summed E-state index contributed by atoms with van der Waals surface area (Å²) in [6.45, 7) is 5.70. The van der Waals surface area contributed by atoms with E-state index in [0.29, 0.717) is 33.4 Å². The lowest BCUT2D eigenvalue weighted by atomic mass is 9.58. The van der Waals surface area contributed by atoms with Gasteiger partial charge < -0.3 is 30.6 Å². The molecule has 6 atom stereocenters. The Morgan fingerprint density at radius 1 is 0.364 bits per heavy atom. The van der Waals surface area contributed by atoms with E-state index in [1.54, 1.807) is 13.8 Å². The molecule has 282 valence electrons. The van der Waals surface area contributed by atoms with Crippen LogP contribution in [0.3, 0.4) is 0 Å². The molecule has 1 fully saturated rings. The molecule has 6 N–H and O–H groups in total. The van der Waals surface area contributed by atoms with Crippen LogP contribution >= 0.6 is 0 Å². The number of rotatable bonds is 12. The molecule has 0 heterocycles.